The van der Waals surface area contributed by atoms with E-state index in [0.717, 1.165) is 16.3 Å². The summed E-state index contributed by atoms with van der Waals surface area (Å²) in [5.74, 6) is -3.81. The summed E-state index contributed by atoms with van der Waals surface area (Å²) in [5, 5.41) is 11.5. The monoisotopic (exact) mass is 430 g/mol. The van der Waals surface area contributed by atoms with Gasteiger partial charge in [0, 0.05) is 18.2 Å². The molecule has 3 aromatic carbocycles. The van der Waals surface area contributed by atoms with Crippen LogP contribution in [0, 0.1) is 5.92 Å². The maximum absolute atomic E-state index is 13.4. The van der Waals surface area contributed by atoms with Crippen molar-refractivity contribution < 1.29 is 24.3 Å². The third-order valence-corrected chi connectivity index (χ3v) is 6.23. The van der Waals surface area contributed by atoms with Crippen LogP contribution in [0.25, 0.3) is 10.8 Å². The molecule has 3 atom stereocenters. The summed E-state index contributed by atoms with van der Waals surface area (Å²) in [4.78, 5) is 50.1. The lowest BCUT2D eigenvalue weighted by atomic mass is 9.75. The highest BCUT2D eigenvalue weighted by Crippen LogP contribution is 2.42. The number of carbonyl (C=O) groups excluding carboxylic acids is 3. The van der Waals surface area contributed by atoms with Crippen LogP contribution in [0.15, 0.2) is 66.7 Å². The molecule has 7 nitrogen and oxygen atoms in total. The van der Waals surface area contributed by atoms with Gasteiger partial charge in [-0.2, -0.15) is 0 Å². The fourth-order valence-corrected chi connectivity index (χ4v) is 4.50. The van der Waals surface area contributed by atoms with Gasteiger partial charge in [0.25, 0.3) is 0 Å². The summed E-state index contributed by atoms with van der Waals surface area (Å²) >= 11 is 0. The van der Waals surface area contributed by atoms with Crippen molar-refractivity contribution in [3.05, 3.63) is 77.9 Å². The van der Waals surface area contributed by atoms with Crippen LogP contribution in [0.5, 0.6) is 0 Å². The highest BCUT2D eigenvalue weighted by atomic mass is 16.4. The van der Waals surface area contributed by atoms with E-state index in [4.69, 9.17) is 5.73 Å². The number of aldehydes is 2. The number of nitrogens with two attached hydrogens (primary N) is 1. The van der Waals surface area contributed by atoms with Crippen LogP contribution >= 0.6 is 0 Å². The van der Waals surface area contributed by atoms with Crippen molar-refractivity contribution in [3.63, 3.8) is 0 Å². The summed E-state index contributed by atoms with van der Waals surface area (Å²) in [6.07, 6.45) is 0.634. The molecule has 1 unspecified atom stereocenters. The van der Waals surface area contributed by atoms with E-state index < -0.39 is 23.3 Å². The van der Waals surface area contributed by atoms with E-state index in [1.165, 1.54) is 0 Å². The van der Waals surface area contributed by atoms with Crippen molar-refractivity contribution in [2.45, 2.75) is 17.9 Å². The number of amides is 1. The summed E-state index contributed by atoms with van der Waals surface area (Å²) in [6, 6.07) is 20.5. The minimum Gasteiger partial charge on any atom is -0.480 e. The molecule has 0 aliphatic carbocycles. The summed E-state index contributed by atoms with van der Waals surface area (Å²) in [5.41, 5.74) is 5.53. The van der Waals surface area contributed by atoms with Crippen molar-refractivity contribution in [1.29, 1.82) is 0 Å². The van der Waals surface area contributed by atoms with Crippen LogP contribution in [0.2, 0.25) is 0 Å². The molecule has 32 heavy (non-hydrogen) atoms. The number of benzene rings is 3. The molecule has 0 bridgehead atoms. The van der Waals surface area contributed by atoms with Crippen LogP contribution in [0.1, 0.15) is 17.0 Å². The molecule has 0 saturated heterocycles. The number of hydrogen-bond donors (Lipinski definition) is 2. The smallest absolute Gasteiger partial charge is 0.331 e. The van der Waals surface area contributed by atoms with E-state index in [0.29, 0.717) is 17.5 Å². The van der Waals surface area contributed by atoms with Crippen LogP contribution in [-0.4, -0.2) is 41.6 Å². The number of anilines is 1. The molecule has 3 aromatic rings. The van der Waals surface area contributed by atoms with E-state index in [1.54, 1.807) is 29.2 Å². The van der Waals surface area contributed by atoms with Gasteiger partial charge < -0.3 is 25.3 Å². The van der Waals surface area contributed by atoms with Crippen molar-refractivity contribution in [1.82, 2.24) is 0 Å². The Bertz CT molecular complexity index is 1220. The zero-order valence-corrected chi connectivity index (χ0v) is 17.2. The van der Waals surface area contributed by atoms with Gasteiger partial charge in [-0.1, -0.05) is 60.7 Å². The Labute approximate surface area is 184 Å². The molecule has 0 aromatic heterocycles. The topological polar surface area (TPSA) is 118 Å². The number of aliphatic carboxylic acids is 1. The molecule has 1 aliphatic heterocycles. The van der Waals surface area contributed by atoms with Crippen LogP contribution in [-0.2, 0) is 25.6 Å². The first-order valence-corrected chi connectivity index (χ1v) is 10.2. The van der Waals surface area contributed by atoms with E-state index in [9.17, 15) is 24.3 Å². The molecule has 0 fully saturated rings. The highest BCUT2D eigenvalue weighted by molar-refractivity contribution is 6.02. The van der Waals surface area contributed by atoms with Crippen LogP contribution < -0.4 is 10.6 Å². The van der Waals surface area contributed by atoms with E-state index >= 15 is 0 Å². The first kappa shape index (κ1) is 21.4. The average molecular weight is 430 g/mol. The quantitative estimate of drug-likeness (QED) is 0.439. The molecule has 7 heteroatoms. The minimum atomic E-state index is -2.38. The molecular weight excluding hydrogens is 408 g/mol. The van der Waals surface area contributed by atoms with Gasteiger partial charge in [-0.25, -0.2) is 4.79 Å². The molecule has 0 saturated carbocycles. The molecule has 1 amide bonds. The fraction of sp³-hybridized carbons (Fsp3) is 0.200. The summed E-state index contributed by atoms with van der Waals surface area (Å²) in [7, 11) is 0. The molecule has 1 heterocycles. The van der Waals surface area contributed by atoms with Crippen molar-refractivity contribution in [3.8, 4) is 0 Å². The van der Waals surface area contributed by atoms with E-state index in [1.807, 2.05) is 42.5 Å². The second-order valence-electron chi connectivity index (χ2n) is 8.00. The van der Waals surface area contributed by atoms with Crippen molar-refractivity contribution >= 4 is 40.9 Å². The van der Waals surface area contributed by atoms with Gasteiger partial charge in [0.2, 0.25) is 5.91 Å². The normalized spacial score (nSPS) is 17.9. The highest BCUT2D eigenvalue weighted by Gasteiger charge is 2.50. The molecule has 0 spiro atoms. The number of hydrogen-bond acceptors (Lipinski definition) is 5. The van der Waals surface area contributed by atoms with Gasteiger partial charge in [0.15, 0.2) is 11.8 Å². The van der Waals surface area contributed by atoms with E-state index in [-0.39, 0.29) is 25.2 Å². The van der Waals surface area contributed by atoms with Gasteiger partial charge in [0.1, 0.15) is 6.29 Å². The average Bonchev–Trinajstić information content (AvgIpc) is 3.19. The summed E-state index contributed by atoms with van der Waals surface area (Å²) < 4.78 is 0. The van der Waals surface area contributed by atoms with Crippen molar-refractivity contribution in [2.24, 2.45) is 11.7 Å². The lowest BCUT2D eigenvalue weighted by Crippen LogP contribution is -2.58. The number of nitrogens with zero attached hydrogens (tertiary/aromatic N) is 1. The molecule has 4 rings (SSSR count). The van der Waals surface area contributed by atoms with E-state index in [2.05, 4.69) is 0 Å². The van der Waals surface area contributed by atoms with Gasteiger partial charge in [0.05, 0.1) is 12.3 Å². The van der Waals surface area contributed by atoms with Crippen LogP contribution in [0.4, 0.5) is 5.69 Å². The van der Waals surface area contributed by atoms with Gasteiger partial charge in [-0.15, -0.1) is 0 Å². The maximum Gasteiger partial charge on any atom is 0.331 e. The standard InChI is InChI=1S/C25H22N2O5/c26-25(15-29,24(31)32)21(14-28)20-13-27(22-11-4-3-10-19(20)22)23(30)12-17-8-5-7-16-6-1-2-9-18(16)17/h1-11,14-15,20-21H,12-13,26H2,(H,31,32)/t20-,21?,25-/m1/s1. The molecule has 1 aliphatic rings. The predicted molar refractivity (Wildman–Crippen MR) is 119 cm³/mol. The zero-order chi connectivity index (χ0) is 22.9. The first-order valence-electron chi connectivity index (χ1n) is 10.2. The van der Waals surface area contributed by atoms with Gasteiger partial charge in [-0.3, -0.25) is 4.79 Å². The number of carboxylic acid groups (broad SMARTS) is 1. The number of carbonyl (C=O) groups is 4. The van der Waals surface area contributed by atoms with Gasteiger partial charge in [-0.05, 0) is 28.0 Å². The Balaban J connectivity index is 1.69. The molecule has 162 valence electrons. The number of rotatable bonds is 7. The number of para-hydroxylation sites is 1. The fourth-order valence-electron chi connectivity index (χ4n) is 4.50. The molecular formula is C25H22N2O5. The second kappa shape index (κ2) is 8.36. The number of carboxylic acids is 1. The molecule has 0 radical (unpaired) electrons. The maximum atomic E-state index is 13.4. The minimum absolute atomic E-state index is 0.0619. The predicted octanol–water partition coefficient (Wildman–Crippen LogP) is 2.31. The van der Waals surface area contributed by atoms with Crippen LogP contribution in [0.3, 0.4) is 0 Å². The zero-order valence-electron chi connectivity index (χ0n) is 17.2. The van der Waals surface area contributed by atoms with Gasteiger partial charge >= 0.3 is 5.97 Å². The van der Waals surface area contributed by atoms with Crippen molar-refractivity contribution in [2.75, 3.05) is 11.4 Å². The largest absolute Gasteiger partial charge is 0.480 e. The third kappa shape index (κ3) is 3.46. The Kier molecular flexibility index (Phi) is 5.59. The Morgan fingerprint density at radius 3 is 2.47 bits per heavy atom. The first-order chi connectivity index (χ1) is 15.4. The SMILES string of the molecule is N[C@@](C=O)(C(=O)O)C(C=O)[C@@H]1CN(C(=O)Cc2cccc3ccccc23)c2ccccc21. The lowest BCUT2D eigenvalue weighted by Gasteiger charge is -2.29. The second-order valence-corrected chi connectivity index (χ2v) is 8.00. The third-order valence-electron chi connectivity index (χ3n) is 6.23. The number of fused-ring (bicyclic) bond motifs is 2. The lowest BCUT2D eigenvalue weighted by molar-refractivity contribution is -0.149. The Hall–Kier alpha value is -3.84. The Morgan fingerprint density at radius 1 is 1.06 bits per heavy atom. The Morgan fingerprint density at radius 2 is 1.75 bits per heavy atom. The molecule has 3 N–H and O–H groups in total. The summed E-state index contributed by atoms with van der Waals surface area (Å²) in [6.45, 7) is 0.0619.